The third kappa shape index (κ3) is 3.91. The van der Waals surface area contributed by atoms with Gasteiger partial charge in [-0.3, -0.25) is 0 Å². The Hall–Kier alpha value is -1.22. The lowest BCUT2D eigenvalue weighted by Crippen LogP contribution is -2.15. The van der Waals surface area contributed by atoms with Gasteiger partial charge in [-0.15, -0.1) is 0 Å². The van der Waals surface area contributed by atoms with E-state index < -0.39 is 0 Å². The summed E-state index contributed by atoms with van der Waals surface area (Å²) in [6.07, 6.45) is 2.79. The van der Waals surface area contributed by atoms with Crippen LogP contribution in [0.2, 0.25) is 0 Å². The predicted octanol–water partition coefficient (Wildman–Crippen LogP) is 3.12. The maximum Gasteiger partial charge on any atom is 0.161 e. The highest BCUT2D eigenvalue weighted by Crippen LogP contribution is 2.29. The van der Waals surface area contributed by atoms with Crippen LogP contribution < -0.4 is 14.8 Å². The smallest absolute Gasteiger partial charge is 0.161 e. The molecule has 0 amide bonds. The normalized spacial score (nSPS) is 14.9. The van der Waals surface area contributed by atoms with E-state index in [1.807, 2.05) is 26.8 Å². The third-order valence-electron chi connectivity index (χ3n) is 2.84. The van der Waals surface area contributed by atoms with Crippen LogP contribution >= 0.6 is 0 Å². The molecule has 0 radical (unpaired) electrons. The summed E-state index contributed by atoms with van der Waals surface area (Å²) < 4.78 is 11.4. The average Bonchev–Trinajstić information content (AvgIpc) is 3.13. The van der Waals surface area contributed by atoms with E-state index in [1.165, 1.54) is 18.4 Å². The highest BCUT2D eigenvalue weighted by molar-refractivity contribution is 5.43. The van der Waals surface area contributed by atoms with E-state index >= 15 is 0 Å². The Morgan fingerprint density at radius 3 is 2.67 bits per heavy atom. The van der Waals surface area contributed by atoms with Gasteiger partial charge in [0.05, 0.1) is 12.7 Å². The van der Waals surface area contributed by atoms with Crippen molar-refractivity contribution in [1.82, 2.24) is 5.32 Å². The first-order valence-electron chi connectivity index (χ1n) is 6.84. The lowest BCUT2D eigenvalue weighted by Gasteiger charge is -2.15. The second kappa shape index (κ2) is 6.10. The second-order valence-electron chi connectivity index (χ2n) is 5.04. The molecule has 0 aliphatic heterocycles. The van der Waals surface area contributed by atoms with E-state index in [1.54, 1.807) is 0 Å². The second-order valence-corrected chi connectivity index (χ2v) is 5.04. The van der Waals surface area contributed by atoms with Gasteiger partial charge in [-0.1, -0.05) is 6.07 Å². The third-order valence-corrected chi connectivity index (χ3v) is 2.84. The molecule has 3 nitrogen and oxygen atoms in total. The standard InChI is InChI=1S/C15H23NO2/c1-4-17-15-9-12(10-16-13-6-7-13)5-8-14(15)18-11(2)3/h5,8-9,11,13,16H,4,6-7,10H2,1-3H3. The molecule has 1 N–H and O–H groups in total. The first kappa shape index (κ1) is 13.2. The molecule has 1 saturated carbocycles. The minimum Gasteiger partial charge on any atom is -0.490 e. The number of ether oxygens (including phenoxy) is 2. The maximum absolute atomic E-state index is 5.75. The Morgan fingerprint density at radius 2 is 2.06 bits per heavy atom. The van der Waals surface area contributed by atoms with Crippen LogP contribution in [-0.4, -0.2) is 18.8 Å². The van der Waals surface area contributed by atoms with Crippen LogP contribution in [0.4, 0.5) is 0 Å². The van der Waals surface area contributed by atoms with Gasteiger partial charge in [0, 0.05) is 12.6 Å². The van der Waals surface area contributed by atoms with Crippen molar-refractivity contribution >= 4 is 0 Å². The molecule has 0 saturated heterocycles. The average molecular weight is 249 g/mol. The van der Waals surface area contributed by atoms with E-state index in [2.05, 4.69) is 17.4 Å². The molecule has 2 rings (SSSR count). The quantitative estimate of drug-likeness (QED) is 0.805. The molecule has 0 spiro atoms. The van der Waals surface area contributed by atoms with Gasteiger partial charge in [-0.25, -0.2) is 0 Å². The fourth-order valence-corrected chi connectivity index (χ4v) is 1.83. The van der Waals surface area contributed by atoms with E-state index in [-0.39, 0.29) is 6.10 Å². The highest BCUT2D eigenvalue weighted by Gasteiger charge is 2.20. The molecule has 18 heavy (non-hydrogen) atoms. The number of rotatable bonds is 7. The fourth-order valence-electron chi connectivity index (χ4n) is 1.83. The summed E-state index contributed by atoms with van der Waals surface area (Å²) in [7, 11) is 0. The molecule has 3 heteroatoms. The highest BCUT2D eigenvalue weighted by atomic mass is 16.5. The van der Waals surface area contributed by atoms with Gasteiger partial charge in [0.25, 0.3) is 0 Å². The molecule has 0 atom stereocenters. The van der Waals surface area contributed by atoms with Gasteiger partial charge in [0.15, 0.2) is 11.5 Å². The van der Waals surface area contributed by atoms with Crippen molar-refractivity contribution < 1.29 is 9.47 Å². The lowest BCUT2D eigenvalue weighted by atomic mass is 10.2. The van der Waals surface area contributed by atoms with Crippen LogP contribution in [-0.2, 0) is 6.54 Å². The van der Waals surface area contributed by atoms with Crippen LogP contribution in [0.1, 0.15) is 39.2 Å². The van der Waals surface area contributed by atoms with Gasteiger partial charge in [0.2, 0.25) is 0 Å². The summed E-state index contributed by atoms with van der Waals surface area (Å²) >= 11 is 0. The SMILES string of the molecule is CCOc1cc(CNC2CC2)ccc1OC(C)C. The largest absolute Gasteiger partial charge is 0.490 e. The molecule has 0 aromatic heterocycles. The van der Waals surface area contributed by atoms with Gasteiger partial charge in [-0.2, -0.15) is 0 Å². The minimum absolute atomic E-state index is 0.166. The van der Waals surface area contributed by atoms with E-state index in [4.69, 9.17) is 9.47 Å². The van der Waals surface area contributed by atoms with Crippen molar-refractivity contribution in [2.24, 2.45) is 0 Å². The number of nitrogens with one attached hydrogen (secondary N) is 1. The molecule has 1 fully saturated rings. The zero-order valence-electron chi connectivity index (χ0n) is 11.5. The number of hydrogen-bond donors (Lipinski definition) is 1. The summed E-state index contributed by atoms with van der Waals surface area (Å²) in [4.78, 5) is 0. The summed E-state index contributed by atoms with van der Waals surface area (Å²) in [5.74, 6) is 1.68. The first-order valence-corrected chi connectivity index (χ1v) is 6.84. The van der Waals surface area contributed by atoms with Crippen molar-refractivity contribution in [3.05, 3.63) is 23.8 Å². The Morgan fingerprint density at radius 1 is 1.28 bits per heavy atom. The Balaban J connectivity index is 2.05. The Labute approximate surface area is 109 Å². The van der Waals surface area contributed by atoms with Crippen molar-refractivity contribution in [2.45, 2.75) is 52.3 Å². The monoisotopic (exact) mass is 249 g/mol. The Bertz CT molecular complexity index is 386. The van der Waals surface area contributed by atoms with Crippen LogP contribution in [0.25, 0.3) is 0 Å². The molecule has 1 aliphatic rings. The van der Waals surface area contributed by atoms with Crippen LogP contribution in [0, 0.1) is 0 Å². The maximum atomic E-state index is 5.75. The molecule has 0 heterocycles. The predicted molar refractivity (Wildman–Crippen MR) is 73.2 cm³/mol. The van der Waals surface area contributed by atoms with Crippen molar-refractivity contribution in [3.63, 3.8) is 0 Å². The zero-order chi connectivity index (χ0) is 13.0. The first-order chi connectivity index (χ1) is 8.69. The molecule has 0 unspecified atom stereocenters. The van der Waals surface area contributed by atoms with Crippen molar-refractivity contribution in [3.8, 4) is 11.5 Å². The van der Waals surface area contributed by atoms with Crippen LogP contribution in [0.5, 0.6) is 11.5 Å². The van der Waals surface area contributed by atoms with Crippen LogP contribution in [0.15, 0.2) is 18.2 Å². The lowest BCUT2D eigenvalue weighted by molar-refractivity contribution is 0.223. The molecule has 1 aromatic carbocycles. The van der Waals surface area contributed by atoms with Gasteiger partial charge in [-0.05, 0) is 51.3 Å². The van der Waals surface area contributed by atoms with Crippen molar-refractivity contribution in [1.29, 1.82) is 0 Å². The van der Waals surface area contributed by atoms with Gasteiger partial charge in [0.1, 0.15) is 0 Å². The number of hydrogen-bond acceptors (Lipinski definition) is 3. The van der Waals surface area contributed by atoms with Crippen LogP contribution in [0.3, 0.4) is 0 Å². The zero-order valence-corrected chi connectivity index (χ0v) is 11.5. The van der Waals surface area contributed by atoms with Gasteiger partial charge < -0.3 is 14.8 Å². The van der Waals surface area contributed by atoms with E-state index in [0.717, 1.165) is 24.1 Å². The minimum atomic E-state index is 0.166. The Kier molecular flexibility index (Phi) is 4.48. The molecular formula is C15H23NO2. The summed E-state index contributed by atoms with van der Waals surface area (Å²) in [5, 5.41) is 3.51. The summed E-state index contributed by atoms with van der Waals surface area (Å²) in [5.41, 5.74) is 1.25. The molecule has 1 aliphatic carbocycles. The molecular weight excluding hydrogens is 226 g/mol. The number of benzene rings is 1. The fraction of sp³-hybridized carbons (Fsp3) is 0.600. The van der Waals surface area contributed by atoms with E-state index in [0.29, 0.717) is 6.61 Å². The van der Waals surface area contributed by atoms with E-state index in [9.17, 15) is 0 Å². The summed E-state index contributed by atoms with van der Waals surface area (Å²) in [6, 6.07) is 6.92. The summed E-state index contributed by atoms with van der Waals surface area (Å²) in [6.45, 7) is 7.62. The van der Waals surface area contributed by atoms with Crippen molar-refractivity contribution in [2.75, 3.05) is 6.61 Å². The topological polar surface area (TPSA) is 30.5 Å². The molecule has 1 aromatic rings. The van der Waals surface area contributed by atoms with Gasteiger partial charge >= 0.3 is 0 Å². The molecule has 0 bridgehead atoms. The molecule has 100 valence electrons.